The summed E-state index contributed by atoms with van der Waals surface area (Å²) in [5, 5.41) is 0.258. The first-order valence-corrected chi connectivity index (χ1v) is 5.17. The molecule has 2 nitrogen and oxygen atoms in total. The first kappa shape index (κ1) is 11.7. The smallest absolute Gasteiger partial charge is 0.281 e. The highest BCUT2D eigenvalue weighted by Crippen LogP contribution is 2.31. The van der Waals surface area contributed by atoms with Gasteiger partial charge in [-0.3, -0.25) is 0 Å². The predicted octanol–water partition coefficient (Wildman–Crippen LogP) is 3.58. The Morgan fingerprint density at radius 3 is 2.71 bits per heavy atom. The number of hydrogen-bond acceptors (Lipinski definition) is 2. The molecule has 1 rings (SSSR count). The molecular formula is C8H7BrClF2NO. The number of methoxy groups -OCH3 is 1. The summed E-state index contributed by atoms with van der Waals surface area (Å²) in [6.45, 7) is 0. The van der Waals surface area contributed by atoms with Crippen LogP contribution in [0.3, 0.4) is 0 Å². The number of ether oxygens (including phenoxy) is 1. The van der Waals surface area contributed by atoms with Crippen LogP contribution in [0.1, 0.15) is 17.8 Å². The summed E-state index contributed by atoms with van der Waals surface area (Å²) in [5.41, 5.74) is -0.00545. The maximum Gasteiger partial charge on any atom is 0.281 e. The maximum absolute atomic E-state index is 12.4. The predicted molar refractivity (Wildman–Crippen MR) is 53.4 cm³/mol. The van der Waals surface area contributed by atoms with Crippen molar-refractivity contribution in [2.45, 2.75) is 11.8 Å². The van der Waals surface area contributed by atoms with Gasteiger partial charge in [-0.05, 0) is 0 Å². The summed E-state index contributed by atoms with van der Waals surface area (Å²) >= 11 is 8.72. The van der Waals surface area contributed by atoms with Gasteiger partial charge in [-0.15, -0.1) is 0 Å². The molecule has 1 aromatic heterocycles. The molecule has 0 saturated carbocycles. The Hall–Kier alpha value is -0.420. The number of alkyl halides is 3. The Bertz CT molecular complexity index is 335. The van der Waals surface area contributed by atoms with Crippen molar-refractivity contribution >= 4 is 27.5 Å². The van der Waals surface area contributed by atoms with Crippen LogP contribution in [0.15, 0.2) is 6.07 Å². The van der Waals surface area contributed by atoms with Gasteiger partial charge in [0, 0.05) is 11.4 Å². The number of rotatable bonds is 3. The van der Waals surface area contributed by atoms with Gasteiger partial charge in [0.25, 0.3) is 6.43 Å². The Morgan fingerprint density at radius 1 is 1.64 bits per heavy atom. The molecule has 0 radical (unpaired) electrons. The number of aromatic nitrogens is 1. The van der Waals surface area contributed by atoms with Gasteiger partial charge in [0.2, 0.25) is 0 Å². The Morgan fingerprint density at radius 2 is 2.29 bits per heavy atom. The molecule has 0 fully saturated rings. The van der Waals surface area contributed by atoms with E-state index in [1.807, 2.05) is 0 Å². The molecule has 0 saturated heterocycles. The minimum absolute atomic E-state index is 0.0819. The van der Waals surface area contributed by atoms with Crippen LogP contribution in [0.5, 0.6) is 5.75 Å². The van der Waals surface area contributed by atoms with E-state index in [2.05, 4.69) is 20.9 Å². The molecule has 1 aromatic rings. The molecule has 0 aliphatic rings. The molecule has 6 heteroatoms. The molecule has 0 aliphatic heterocycles. The van der Waals surface area contributed by atoms with E-state index in [0.717, 1.165) is 0 Å². The highest BCUT2D eigenvalue weighted by Gasteiger charge is 2.17. The number of hydrogen-bond donors (Lipinski definition) is 0. The Balaban J connectivity index is 3.23. The average molecular weight is 287 g/mol. The summed E-state index contributed by atoms with van der Waals surface area (Å²) in [4.78, 5) is 3.71. The highest BCUT2D eigenvalue weighted by molar-refractivity contribution is 9.08. The van der Waals surface area contributed by atoms with Gasteiger partial charge < -0.3 is 4.74 Å². The lowest BCUT2D eigenvalue weighted by Gasteiger charge is -2.09. The van der Waals surface area contributed by atoms with Crippen molar-refractivity contribution in [1.29, 1.82) is 0 Å². The maximum atomic E-state index is 12.4. The molecular weight excluding hydrogens is 279 g/mol. The zero-order valence-electron chi connectivity index (χ0n) is 7.23. The van der Waals surface area contributed by atoms with Crippen LogP contribution in [0.2, 0.25) is 5.02 Å². The molecule has 0 bridgehead atoms. The standard InChI is InChI=1S/C8H7BrClF2NO/c1-14-6-2-4(10)7(8(11)12)13-5(6)3-9/h2,8H,3H2,1H3. The largest absolute Gasteiger partial charge is 0.495 e. The molecule has 0 spiro atoms. The molecule has 0 aromatic carbocycles. The van der Waals surface area contributed by atoms with E-state index in [0.29, 0.717) is 16.8 Å². The van der Waals surface area contributed by atoms with E-state index < -0.39 is 12.1 Å². The van der Waals surface area contributed by atoms with Gasteiger partial charge in [-0.2, -0.15) is 0 Å². The Labute approximate surface area is 93.4 Å². The normalized spacial score (nSPS) is 10.7. The van der Waals surface area contributed by atoms with Crippen LogP contribution in [0, 0.1) is 0 Å². The first-order valence-electron chi connectivity index (χ1n) is 3.67. The van der Waals surface area contributed by atoms with E-state index in [9.17, 15) is 8.78 Å². The van der Waals surface area contributed by atoms with Gasteiger partial charge in [0.1, 0.15) is 11.4 Å². The van der Waals surface area contributed by atoms with Crippen LogP contribution in [-0.4, -0.2) is 12.1 Å². The van der Waals surface area contributed by atoms with E-state index >= 15 is 0 Å². The van der Waals surface area contributed by atoms with Crippen molar-refractivity contribution in [3.05, 3.63) is 22.5 Å². The molecule has 0 unspecified atom stereocenters. The summed E-state index contributed by atoms with van der Waals surface area (Å²) < 4.78 is 29.7. The topological polar surface area (TPSA) is 22.1 Å². The zero-order valence-corrected chi connectivity index (χ0v) is 9.57. The fourth-order valence-corrected chi connectivity index (χ4v) is 1.58. The first-order chi connectivity index (χ1) is 6.60. The van der Waals surface area contributed by atoms with Crippen LogP contribution >= 0.6 is 27.5 Å². The molecule has 0 atom stereocenters. The lowest BCUT2D eigenvalue weighted by atomic mass is 10.3. The second kappa shape index (κ2) is 4.89. The van der Waals surface area contributed by atoms with Crippen molar-refractivity contribution < 1.29 is 13.5 Å². The third kappa shape index (κ3) is 2.33. The van der Waals surface area contributed by atoms with Gasteiger partial charge in [-0.1, -0.05) is 27.5 Å². The van der Waals surface area contributed by atoms with E-state index in [1.165, 1.54) is 13.2 Å². The average Bonchev–Trinajstić information content (AvgIpc) is 2.16. The Kier molecular flexibility index (Phi) is 4.07. The van der Waals surface area contributed by atoms with Crippen molar-refractivity contribution in [3.63, 3.8) is 0 Å². The summed E-state index contributed by atoms with van der Waals surface area (Å²) in [7, 11) is 1.43. The van der Waals surface area contributed by atoms with Gasteiger partial charge in [0.15, 0.2) is 0 Å². The number of nitrogens with zero attached hydrogens (tertiary/aromatic N) is 1. The third-order valence-corrected chi connectivity index (χ3v) is 2.43. The second-order valence-corrected chi connectivity index (χ2v) is 3.41. The van der Waals surface area contributed by atoms with Crippen LogP contribution < -0.4 is 4.74 Å². The SMILES string of the molecule is COc1cc(Cl)c(C(F)F)nc1CBr. The molecule has 78 valence electrons. The molecule has 14 heavy (non-hydrogen) atoms. The molecule has 0 aliphatic carbocycles. The fraction of sp³-hybridized carbons (Fsp3) is 0.375. The van der Waals surface area contributed by atoms with Gasteiger partial charge >= 0.3 is 0 Å². The zero-order chi connectivity index (χ0) is 10.7. The van der Waals surface area contributed by atoms with Crippen molar-refractivity contribution in [1.82, 2.24) is 4.98 Å². The van der Waals surface area contributed by atoms with Crippen LogP contribution in [0.4, 0.5) is 8.78 Å². The van der Waals surface area contributed by atoms with E-state index in [4.69, 9.17) is 16.3 Å². The highest BCUT2D eigenvalue weighted by atomic mass is 79.9. The molecule has 1 heterocycles. The molecule has 0 N–H and O–H groups in total. The van der Waals surface area contributed by atoms with E-state index in [1.54, 1.807) is 0 Å². The minimum atomic E-state index is -2.67. The second-order valence-electron chi connectivity index (χ2n) is 2.44. The summed E-state index contributed by atoms with van der Waals surface area (Å²) in [6, 6.07) is 1.34. The lowest BCUT2D eigenvalue weighted by Crippen LogP contribution is -1.99. The number of pyridine rings is 1. The van der Waals surface area contributed by atoms with Crippen molar-refractivity contribution in [3.8, 4) is 5.75 Å². The summed E-state index contributed by atoms with van der Waals surface area (Å²) in [5.74, 6) is 0.399. The van der Waals surface area contributed by atoms with Gasteiger partial charge in [0.05, 0.1) is 17.8 Å². The minimum Gasteiger partial charge on any atom is -0.495 e. The molecule has 0 amide bonds. The summed E-state index contributed by atoms with van der Waals surface area (Å²) in [6.07, 6.45) is -2.67. The monoisotopic (exact) mass is 285 g/mol. The van der Waals surface area contributed by atoms with Crippen molar-refractivity contribution in [2.75, 3.05) is 7.11 Å². The van der Waals surface area contributed by atoms with Crippen LogP contribution in [-0.2, 0) is 5.33 Å². The van der Waals surface area contributed by atoms with Crippen molar-refractivity contribution in [2.24, 2.45) is 0 Å². The lowest BCUT2D eigenvalue weighted by molar-refractivity contribution is 0.146. The van der Waals surface area contributed by atoms with Gasteiger partial charge in [-0.25, -0.2) is 13.8 Å². The number of halogens is 4. The fourth-order valence-electron chi connectivity index (χ4n) is 0.952. The quantitative estimate of drug-likeness (QED) is 0.792. The third-order valence-electron chi connectivity index (χ3n) is 1.60. The van der Waals surface area contributed by atoms with Crippen LogP contribution in [0.25, 0.3) is 0 Å². The van der Waals surface area contributed by atoms with E-state index in [-0.39, 0.29) is 5.02 Å².